The lowest BCUT2D eigenvalue weighted by atomic mass is 10.2. The van der Waals surface area contributed by atoms with Gasteiger partial charge in [-0.3, -0.25) is 4.79 Å². The Morgan fingerprint density at radius 2 is 1.85 bits per heavy atom. The molecule has 4 N–H and O–H groups in total. The monoisotopic (exact) mass is 315 g/mol. The van der Waals surface area contributed by atoms with Crippen molar-refractivity contribution >= 4 is 33.1 Å². The zero-order valence-corrected chi connectivity index (χ0v) is 12.8. The molecule has 0 aliphatic carbocycles. The number of sulfonamides is 1. The molecule has 0 aromatic heterocycles. The second kappa shape index (κ2) is 6.78. The molecule has 1 rings (SSSR count). The van der Waals surface area contributed by atoms with E-state index in [4.69, 9.17) is 18.0 Å². The Hall–Kier alpha value is -1.51. The molecule has 6 nitrogen and oxygen atoms in total. The standard InChI is InChI=1S/C12H17N3O3S2/c1-8(2)15-11(16)7-14-20(17,18)10-5-3-9(4-6-10)12(13)19/h3-6,8,14H,7H2,1-2H3,(H2,13,19)(H,15,16). The van der Waals surface area contributed by atoms with Gasteiger partial charge in [-0.1, -0.05) is 24.4 Å². The first kappa shape index (κ1) is 16.5. The van der Waals surface area contributed by atoms with E-state index in [-0.39, 0.29) is 28.4 Å². The van der Waals surface area contributed by atoms with Crippen LogP contribution < -0.4 is 15.8 Å². The van der Waals surface area contributed by atoms with Gasteiger partial charge >= 0.3 is 0 Å². The van der Waals surface area contributed by atoms with E-state index in [1.165, 1.54) is 24.3 Å². The molecule has 0 radical (unpaired) electrons. The zero-order chi connectivity index (χ0) is 15.3. The predicted octanol–water partition coefficient (Wildman–Crippen LogP) is 0.124. The van der Waals surface area contributed by atoms with Gasteiger partial charge in [-0.2, -0.15) is 0 Å². The molecule has 20 heavy (non-hydrogen) atoms. The molecule has 1 aromatic rings. The second-order valence-corrected chi connectivity index (χ2v) is 6.64. The minimum atomic E-state index is -3.73. The Balaban J connectivity index is 2.74. The molecule has 0 spiro atoms. The third-order valence-corrected chi connectivity index (χ3v) is 3.97. The molecule has 0 saturated carbocycles. The zero-order valence-electron chi connectivity index (χ0n) is 11.2. The largest absolute Gasteiger partial charge is 0.389 e. The van der Waals surface area contributed by atoms with Crippen LogP contribution in [0.25, 0.3) is 0 Å². The third kappa shape index (κ3) is 4.87. The van der Waals surface area contributed by atoms with Crippen LogP contribution in [-0.2, 0) is 14.8 Å². The third-order valence-electron chi connectivity index (χ3n) is 2.32. The van der Waals surface area contributed by atoms with Gasteiger partial charge in [0, 0.05) is 11.6 Å². The maximum absolute atomic E-state index is 11.9. The summed E-state index contributed by atoms with van der Waals surface area (Å²) in [5.74, 6) is -0.386. The van der Waals surface area contributed by atoms with E-state index in [2.05, 4.69) is 10.0 Å². The first-order chi connectivity index (χ1) is 9.22. The number of benzene rings is 1. The number of rotatable bonds is 6. The highest BCUT2D eigenvalue weighted by atomic mass is 32.2. The fourth-order valence-corrected chi connectivity index (χ4v) is 2.53. The van der Waals surface area contributed by atoms with E-state index < -0.39 is 10.0 Å². The van der Waals surface area contributed by atoms with Crippen LogP contribution in [0.1, 0.15) is 19.4 Å². The number of carbonyl (C=O) groups is 1. The Bertz CT molecular complexity index is 595. The summed E-state index contributed by atoms with van der Waals surface area (Å²) in [6.45, 7) is 3.28. The summed E-state index contributed by atoms with van der Waals surface area (Å²) in [6, 6.07) is 5.77. The molecule has 0 heterocycles. The maximum Gasteiger partial charge on any atom is 0.241 e. The number of thiocarbonyl (C=S) groups is 1. The van der Waals surface area contributed by atoms with E-state index in [1.807, 2.05) is 0 Å². The summed E-state index contributed by atoms with van der Waals surface area (Å²) in [5, 5.41) is 2.59. The Morgan fingerprint density at radius 3 is 2.30 bits per heavy atom. The van der Waals surface area contributed by atoms with Gasteiger partial charge in [0.25, 0.3) is 0 Å². The lowest BCUT2D eigenvalue weighted by Gasteiger charge is -2.10. The summed E-state index contributed by atoms with van der Waals surface area (Å²) in [7, 11) is -3.73. The van der Waals surface area contributed by atoms with Crippen molar-refractivity contribution in [2.24, 2.45) is 5.73 Å². The number of hydrogen-bond acceptors (Lipinski definition) is 4. The fraction of sp³-hybridized carbons (Fsp3) is 0.333. The van der Waals surface area contributed by atoms with E-state index >= 15 is 0 Å². The lowest BCUT2D eigenvalue weighted by Crippen LogP contribution is -2.39. The number of nitrogens with one attached hydrogen (secondary N) is 2. The topological polar surface area (TPSA) is 101 Å². The van der Waals surface area contributed by atoms with Gasteiger partial charge in [-0.05, 0) is 26.0 Å². The van der Waals surface area contributed by atoms with Gasteiger partial charge in [-0.25, -0.2) is 13.1 Å². The van der Waals surface area contributed by atoms with Gasteiger partial charge in [0.1, 0.15) is 4.99 Å². The van der Waals surface area contributed by atoms with Crippen LogP contribution in [0, 0.1) is 0 Å². The van der Waals surface area contributed by atoms with Crippen molar-refractivity contribution in [3.05, 3.63) is 29.8 Å². The minimum absolute atomic E-state index is 0.0446. The van der Waals surface area contributed by atoms with Gasteiger partial charge in [-0.15, -0.1) is 0 Å². The maximum atomic E-state index is 11.9. The Kier molecular flexibility index (Phi) is 5.61. The van der Waals surface area contributed by atoms with Crippen LogP contribution in [0.3, 0.4) is 0 Å². The smallest absolute Gasteiger partial charge is 0.241 e. The van der Waals surface area contributed by atoms with E-state index in [0.717, 1.165) is 0 Å². The molecule has 0 fully saturated rings. The number of carbonyl (C=O) groups excluding carboxylic acids is 1. The fourth-order valence-electron chi connectivity index (χ4n) is 1.42. The molecular formula is C12H17N3O3S2. The van der Waals surface area contributed by atoms with Crippen molar-refractivity contribution in [1.29, 1.82) is 0 Å². The van der Waals surface area contributed by atoms with Crippen LogP contribution in [0.2, 0.25) is 0 Å². The van der Waals surface area contributed by atoms with Crippen molar-refractivity contribution in [2.45, 2.75) is 24.8 Å². The molecule has 0 saturated heterocycles. The second-order valence-electron chi connectivity index (χ2n) is 4.44. The average molecular weight is 315 g/mol. The molecule has 110 valence electrons. The van der Waals surface area contributed by atoms with Crippen LogP contribution in [0.15, 0.2) is 29.2 Å². The van der Waals surface area contributed by atoms with Gasteiger partial charge in [0.15, 0.2) is 0 Å². The molecule has 0 unspecified atom stereocenters. The summed E-state index contributed by atoms with van der Waals surface area (Å²) in [6.07, 6.45) is 0. The molecule has 1 amide bonds. The first-order valence-electron chi connectivity index (χ1n) is 5.91. The molecule has 0 bridgehead atoms. The SMILES string of the molecule is CC(C)NC(=O)CNS(=O)(=O)c1ccc(C(N)=S)cc1. The molecule has 0 aliphatic rings. The molecule has 8 heteroatoms. The molecule has 0 aliphatic heterocycles. The number of hydrogen-bond donors (Lipinski definition) is 3. The van der Waals surface area contributed by atoms with Crippen molar-refractivity contribution in [1.82, 2.24) is 10.0 Å². The van der Waals surface area contributed by atoms with Crippen molar-refractivity contribution in [3.63, 3.8) is 0 Å². The normalized spacial score (nSPS) is 11.3. The predicted molar refractivity (Wildman–Crippen MR) is 80.8 cm³/mol. The Morgan fingerprint density at radius 1 is 1.30 bits per heavy atom. The van der Waals surface area contributed by atoms with Crippen LogP contribution >= 0.6 is 12.2 Å². The van der Waals surface area contributed by atoms with E-state index in [0.29, 0.717) is 5.56 Å². The molecule has 1 aromatic carbocycles. The lowest BCUT2D eigenvalue weighted by molar-refractivity contribution is -0.120. The van der Waals surface area contributed by atoms with Gasteiger partial charge < -0.3 is 11.1 Å². The van der Waals surface area contributed by atoms with Crippen molar-refractivity contribution < 1.29 is 13.2 Å². The van der Waals surface area contributed by atoms with Crippen LogP contribution in [0.5, 0.6) is 0 Å². The highest BCUT2D eigenvalue weighted by molar-refractivity contribution is 7.89. The summed E-state index contributed by atoms with van der Waals surface area (Å²) in [5.41, 5.74) is 6.01. The van der Waals surface area contributed by atoms with Crippen molar-refractivity contribution in [2.75, 3.05) is 6.54 Å². The van der Waals surface area contributed by atoms with Gasteiger partial charge in [0.2, 0.25) is 15.9 Å². The summed E-state index contributed by atoms with van der Waals surface area (Å²) in [4.78, 5) is 11.6. The number of amides is 1. The van der Waals surface area contributed by atoms with Crippen molar-refractivity contribution in [3.8, 4) is 0 Å². The number of nitrogens with two attached hydrogens (primary N) is 1. The van der Waals surface area contributed by atoms with Gasteiger partial charge in [0.05, 0.1) is 11.4 Å². The Labute approximate surface area is 123 Å². The van der Waals surface area contributed by atoms with Crippen LogP contribution in [-0.4, -0.2) is 31.9 Å². The average Bonchev–Trinajstić information content (AvgIpc) is 2.36. The highest BCUT2D eigenvalue weighted by Gasteiger charge is 2.15. The first-order valence-corrected chi connectivity index (χ1v) is 7.80. The summed E-state index contributed by atoms with van der Waals surface area (Å²) >= 11 is 4.78. The van der Waals surface area contributed by atoms with E-state index in [1.54, 1.807) is 13.8 Å². The summed E-state index contributed by atoms with van der Waals surface area (Å²) < 4.78 is 26.1. The molecular weight excluding hydrogens is 298 g/mol. The minimum Gasteiger partial charge on any atom is -0.389 e. The van der Waals surface area contributed by atoms with E-state index in [9.17, 15) is 13.2 Å². The highest BCUT2D eigenvalue weighted by Crippen LogP contribution is 2.10. The van der Waals surface area contributed by atoms with Crippen LogP contribution in [0.4, 0.5) is 0 Å². The molecule has 0 atom stereocenters. The quantitative estimate of drug-likeness (QED) is 0.648.